The van der Waals surface area contributed by atoms with E-state index in [2.05, 4.69) is 15.5 Å². The van der Waals surface area contributed by atoms with E-state index in [1.54, 1.807) is 48.3 Å². The van der Waals surface area contributed by atoms with Gasteiger partial charge in [-0.25, -0.2) is 0 Å². The molecule has 6 rings (SSSR count). The molecule has 1 fully saturated rings. The Balaban J connectivity index is 1.08. The second-order valence-electron chi connectivity index (χ2n) is 14.7. The number of rotatable bonds is 16. The Bertz CT molecular complexity index is 2010. The summed E-state index contributed by atoms with van der Waals surface area (Å²) < 4.78 is 5.42. The van der Waals surface area contributed by atoms with E-state index in [-0.39, 0.29) is 44.0 Å². The van der Waals surface area contributed by atoms with Gasteiger partial charge >= 0.3 is 0 Å². The molecule has 1 heterocycles. The lowest BCUT2D eigenvalue weighted by atomic mass is 9.89. The summed E-state index contributed by atoms with van der Waals surface area (Å²) in [7, 11) is 1.77. The first-order valence-electron chi connectivity index (χ1n) is 19.9. The minimum absolute atomic E-state index is 0.164. The van der Waals surface area contributed by atoms with Gasteiger partial charge in [0, 0.05) is 68.7 Å². The number of benzene rings is 4. The Morgan fingerprint density at radius 2 is 1.30 bits per heavy atom. The third-order valence-corrected chi connectivity index (χ3v) is 10.7. The fraction of sp³-hybridized carbons (Fsp3) is 0.378. The van der Waals surface area contributed by atoms with Crippen LogP contribution in [0.15, 0.2) is 84.9 Å². The summed E-state index contributed by atoms with van der Waals surface area (Å²) in [6.07, 6.45) is 5.32. The van der Waals surface area contributed by atoms with Crippen molar-refractivity contribution in [3.8, 4) is 0 Å². The summed E-state index contributed by atoms with van der Waals surface area (Å²) in [4.78, 5) is 59.0. The molecule has 4 aromatic rings. The molecule has 57 heavy (non-hydrogen) atoms. The van der Waals surface area contributed by atoms with Gasteiger partial charge < -0.3 is 35.4 Å². The van der Waals surface area contributed by atoms with Crippen molar-refractivity contribution in [3.05, 3.63) is 129 Å². The smallest absolute Gasteiger partial charge is 0.257 e. The zero-order valence-electron chi connectivity index (χ0n) is 32.7. The summed E-state index contributed by atoms with van der Waals surface area (Å²) >= 11 is 0. The normalized spacial score (nSPS) is 14.0. The van der Waals surface area contributed by atoms with Gasteiger partial charge in [0.25, 0.3) is 23.6 Å². The third kappa shape index (κ3) is 11.1. The van der Waals surface area contributed by atoms with Crippen LogP contribution in [0.25, 0.3) is 0 Å². The zero-order valence-corrected chi connectivity index (χ0v) is 32.7. The van der Waals surface area contributed by atoms with E-state index >= 15 is 0 Å². The molecule has 1 aliphatic heterocycles. The van der Waals surface area contributed by atoms with Crippen LogP contribution in [0.1, 0.15) is 76.5 Å². The van der Waals surface area contributed by atoms with Gasteiger partial charge in [0.1, 0.15) is 0 Å². The molecule has 4 aromatic carbocycles. The van der Waals surface area contributed by atoms with Crippen molar-refractivity contribution in [1.29, 1.82) is 0 Å². The highest BCUT2D eigenvalue weighted by Crippen LogP contribution is 2.29. The number of aliphatic hydroxyl groups is 2. The minimum atomic E-state index is -0.401. The van der Waals surface area contributed by atoms with Crippen LogP contribution in [0.4, 0.5) is 11.4 Å². The van der Waals surface area contributed by atoms with E-state index in [0.29, 0.717) is 53.4 Å². The van der Waals surface area contributed by atoms with Crippen LogP contribution in [0.5, 0.6) is 0 Å². The lowest BCUT2D eigenvalue weighted by Gasteiger charge is -2.28. The van der Waals surface area contributed by atoms with Gasteiger partial charge in [0.2, 0.25) is 0 Å². The van der Waals surface area contributed by atoms with Crippen molar-refractivity contribution in [1.82, 2.24) is 14.7 Å². The molecule has 12 heteroatoms. The molecule has 4 amide bonds. The molecule has 0 spiro atoms. The second kappa shape index (κ2) is 20.1. The predicted octanol–water partition coefficient (Wildman–Crippen LogP) is 4.69. The molecular formula is C45H53N5O7. The molecule has 0 unspecified atom stereocenters. The average Bonchev–Trinajstić information content (AvgIpc) is 3.25. The Kier molecular flexibility index (Phi) is 14.6. The number of ether oxygens (including phenoxy) is 1. The molecule has 0 radical (unpaired) electrons. The van der Waals surface area contributed by atoms with E-state index in [1.807, 2.05) is 48.5 Å². The van der Waals surface area contributed by atoms with Crippen molar-refractivity contribution >= 4 is 35.0 Å². The zero-order chi connectivity index (χ0) is 40.1. The van der Waals surface area contributed by atoms with Gasteiger partial charge in [-0.05, 0) is 115 Å². The van der Waals surface area contributed by atoms with Crippen LogP contribution in [-0.2, 0) is 30.4 Å². The van der Waals surface area contributed by atoms with Gasteiger partial charge in [0.05, 0.1) is 37.7 Å². The summed E-state index contributed by atoms with van der Waals surface area (Å²) in [5.74, 6) is -1.13. The first kappa shape index (κ1) is 41.2. The van der Waals surface area contributed by atoms with E-state index < -0.39 is 5.91 Å². The summed E-state index contributed by atoms with van der Waals surface area (Å²) in [5.41, 5.74) is 7.05. The van der Waals surface area contributed by atoms with Crippen LogP contribution in [0.3, 0.4) is 0 Å². The van der Waals surface area contributed by atoms with Crippen molar-refractivity contribution in [2.24, 2.45) is 0 Å². The first-order valence-corrected chi connectivity index (χ1v) is 19.9. The predicted molar refractivity (Wildman–Crippen MR) is 220 cm³/mol. The molecule has 0 aromatic heterocycles. The number of hydrogen-bond acceptors (Lipinski definition) is 8. The topological polar surface area (TPSA) is 152 Å². The SMILES string of the molecule is CN(CCN1CCOCC1)C(=O)c1cccc(C(=O)Nc2cc3c(cc2C(=O)Nc2ccc(CCc4ccc(C(=O)N(CCO)CCO)cc4)cc2)CCCC3)c1. The summed E-state index contributed by atoms with van der Waals surface area (Å²) in [6.45, 7) is 4.38. The number of nitrogens with zero attached hydrogens (tertiary/aromatic N) is 3. The van der Waals surface area contributed by atoms with Crippen molar-refractivity contribution in [2.75, 3.05) is 83.4 Å². The van der Waals surface area contributed by atoms with E-state index in [9.17, 15) is 29.4 Å². The molecule has 4 N–H and O–H groups in total. The number of carbonyl (C=O) groups is 4. The van der Waals surface area contributed by atoms with Crippen LogP contribution in [0, 0.1) is 0 Å². The Labute approximate surface area is 334 Å². The molecule has 0 atom stereocenters. The molecule has 1 aliphatic carbocycles. The lowest BCUT2D eigenvalue weighted by Crippen LogP contribution is -2.41. The molecule has 0 saturated carbocycles. The highest BCUT2D eigenvalue weighted by atomic mass is 16.5. The number of nitrogens with one attached hydrogen (secondary N) is 2. The van der Waals surface area contributed by atoms with Crippen molar-refractivity contribution in [3.63, 3.8) is 0 Å². The van der Waals surface area contributed by atoms with E-state index in [0.717, 1.165) is 80.4 Å². The number of aliphatic hydroxyl groups excluding tert-OH is 2. The number of hydrogen-bond donors (Lipinski definition) is 4. The Morgan fingerprint density at radius 3 is 1.95 bits per heavy atom. The highest BCUT2D eigenvalue weighted by Gasteiger charge is 2.22. The number of amides is 4. The van der Waals surface area contributed by atoms with Crippen molar-refractivity contribution in [2.45, 2.75) is 38.5 Å². The maximum atomic E-state index is 13.8. The van der Waals surface area contributed by atoms with E-state index in [4.69, 9.17) is 4.74 Å². The number of morpholine rings is 1. The minimum Gasteiger partial charge on any atom is -0.395 e. The molecule has 2 aliphatic rings. The number of anilines is 2. The quantitative estimate of drug-likeness (QED) is 0.128. The highest BCUT2D eigenvalue weighted by molar-refractivity contribution is 6.13. The largest absolute Gasteiger partial charge is 0.395 e. The Hall–Kier alpha value is -5.40. The van der Waals surface area contributed by atoms with Crippen molar-refractivity contribution < 1.29 is 34.1 Å². The summed E-state index contributed by atoms with van der Waals surface area (Å²) in [6, 6.07) is 25.5. The standard InChI is InChI=1S/C45H53N5O7/c1-48(19-20-49-23-27-57-28-24-49)44(55)38-8-4-7-37(29-38)42(53)47-41-31-36-6-3-2-5-35(36)30-40(41)43(54)46-39-17-13-33(14-18-39)10-9-32-11-15-34(16-12-32)45(56)50(21-25-51)22-26-52/h4,7-8,11-18,29-31,51-52H,2-3,5-6,9-10,19-28H2,1H3,(H,46,54)(H,47,53). The number of aryl methyl sites for hydroxylation is 4. The Morgan fingerprint density at radius 1 is 0.684 bits per heavy atom. The van der Waals surface area contributed by atoms with Crippen LogP contribution in [0.2, 0.25) is 0 Å². The lowest BCUT2D eigenvalue weighted by molar-refractivity contribution is 0.0338. The van der Waals surface area contributed by atoms with Gasteiger partial charge in [-0.15, -0.1) is 0 Å². The molecule has 12 nitrogen and oxygen atoms in total. The number of likely N-dealkylation sites (N-methyl/N-ethyl adjacent to an activating group) is 1. The maximum absolute atomic E-state index is 13.8. The fourth-order valence-corrected chi connectivity index (χ4v) is 7.30. The molecule has 1 saturated heterocycles. The maximum Gasteiger partial charge on any atom is 0.257 e. The van der Waals surface area contributed by atoms with Crippen LogP contribution in [-0.4, -0.2) is 121 Å². The molecule has 0 bridgehead atoms. The molecule has 300 valence electrons. The molecular weight excluding hydrogens is 723 g/mol. The van der Waals surface area contributed by atoms with Gasteiger partial charge in [0.15, 0.2) is 0 Å². The van der Waals surface area contributed by atoms with Crippen LogP contribution < -0.4 is 10.6 Å². The monoisotopic (exact) mass is 775 g/mol. The van der Waals surface area contributed by atoms with Gasteiger partial charge in [-0.1, -0.05) is 30.3 Å². The number of fused-ring (bicyclic) bond motifs is 1. The van der Waals surface area contributed by atoms with Gasteiger partial charge in [-0.2, -0.15) is 0 Å². The second-order valence-corrected chi connectivity index (χ2v) is 14.7. The van der Waals surface area contributed by atoms with E-state index in [1.165, 1.54) is 4.90 Å². The number of carbonyl (C=O) groups excluding carboxylic acids is 4. The average molecular weight is 776 g/mol. The fourth-order valence-electron chi connectivity index (χ4n) is 7.30. The third-order valence-electron chi connectivity index (χ3n) is 10.7. The van der Waals surface area contributed by atoms with Crippen LogP contribution >= 0.6 is 0 Å². The summed E-state index contributed by atoms with van der Waals surface area (Å²) in [5, 5.41) is 24.5. The first-order chi connectivity index (χ1) is 27.7. The van der Waals surface area contributed by atoms with Gasteiger partial charge in [-0.3, -0.25) is 24.1 Å².